The summed E-state index contributed by atoms with van der Waals surface area (Å²) in [5, 5.41) is 3.63. The van der Waals surface area contributed by atoms with Gasteiger partial charge in [0.15, 0.2) is 0 Å². The van der Waals surface area contributed by atoms with Crippen LogP contribution in [0.25, 0.3) is 0 Å². The second-order valence-corrected chi connectivity index (χ2v) is 7.62. The lowest BCUT2D eigenvalue weighted by Crippen LogP contribution is -2.22. The first kappa shape index (κ1) is 21.4. The van der Waals surface area contributed by atoms with Crippen LogP contribution in [0.1, 0.15) is 41.9 Å². The van der Waals surface area contributed by atoms with E-state index in [0.717, 1.165) is 16.1 Å². The quantitative estimate of drug-likeness (QED) is 0.578. The van der Waals surface area contributed by atoms with Crippen molar-refractivity contribution < 1.29 is 23.5 Å². The first-order valence-electron chi connectivity index (χ1n) is 9.15. The average Bonchev–Trinajstić information content (AvgIpc) is 3.12. The third kappa shape index (κ3) is 5.01. The lowest BCUT2D eigenvalue weighted by molar-refractivity contribution is 0.0597. The maximum Gasteiger partial charge on any atom is 0.341 e. The highest BCUT2D eigenvalue weighted by molar-refractivity contribution is 7.13. The second-order valence-electron chi connectivity index (χ2n) is 6.53. The van der Waals surface area contributed by atoms with Gasteiger partial charge >= 0.3 is 5.97 Å². The molecule has 2 aromatic carbocycles. The van der Waals surface area contributed by atoms with Crippen LogP contribution < -0.4 is 10.1 Å². The summed E-state index contributed by atoms with van der Waals surface area (Å²) < 4.78 is 23.0. The summed E-state index contributed by atoms with van der Waals surface area (Å²) in [6, 6.07) is 11.3. The maximum absolute atomic E-state index is 13.1. The third-order valence-electron chi connectivity index (χ3n) is 4.44. The molecule has 6 nitrogen and oxygen atoms in total. The highest BCUT2D eigenvalue weighted by Gasteiger charge is 2.17. The molecule has 0 aliphatic carbocycles. The molecule has 1 heterocycles. The molecule has 0 aliphatic rings. The molecule has 0 bridgehead atoms. The van der Waals surface area contributed by atoms with Crippen LogP contribution in [0.3, 0.4) is 0 Å². The number of nitrogens with one attached hydrogen (secondary N) is 1. The number of carbonyl (C=O) groups is 2. The van der Waals surface area contributed by atoms with E-state index in [1.165, 1.54) is 37.7 Å². The van der Waals surface area contributed by atoms with Crippen LogP contribution in [0.2, 0.25) is 0 Å². The smallest absolute Gasteiger partial charge is 0.341 e. The van der Waals surface area contributed by atoms with Gasteiger partial charge in [-0.1, -0.05) is 18.2 Å². The first-order valence-corrected chi connectivity index (χ1v) is 9.97. The predicted molar refractivity (Wildman–Crippen MR) is 112 cm³/mol. The number of halogens is 1. The first-order chi connectivity index (χ1) is 14.4. The van der Waals surface area contributed by atoms with Crippen LogP contribution in [0.4, 0.5) is 4.39 Å². The fourth-order valence-electron chi connectivity index (χ4n) is 2.91. The highest BCUT2D eigenvalue weighted by Crippen LogP contribution is 2.23. The van der Waals surface area contributed by atoms with Crippen molar-refractivity contribution in [1.29, 1.82) is 0 Å². The molecular formula is C22H21FN2O4S. The Morgan fingerprint density at radius 3 is 2.47 bits per heavy atom. The zero-order chi connectivity index (χ0) is 21.7. The molecule has 30 heavy (non-hydrogen) atoms. The summed E-state index contributed by atoms with van der Waals surface area (Å²) >= 11 is 1.31. The van der Waals surface area contributed by atoms with Gasteiger partial charge in [-0.2, -0.15) is 0 Å². The molecule has 0 spiro atoms. The van der Waals surface area contributed by atoms with E-state index in [1.807, 2.05) is 0 Å². The van der Waals surface area contributed by atoms with Crippen LogP contribution in [0.5, 0.6) is 5.75 Å². The molecule has 3 rings (SSSR count). The molecule has 0 unspecified atom stereocenters. The molecule has 0 aliphatic heterocycles. The van der Waals surface area contributed by atoms with Crippen molar-refractivity contribution in [2.24, 2.45) is 0 Å². The number of carbonyl (C=O) groups excluding carboxylic acids is 2. The number of nitrogens with zero attached hydrogens (tertiary/aromatic N) is 1. The number of hydrogen-bond acceptors (Lipinski definition) is 6. The van der Waals surface area contributed by atoms with Gasteiger partial charge in [0.05, 0.1) is 24.9 Å². The Labute approximate surface area is 177 Å². The topological polar surface area (TPSA) is 77.5 Å². The van der Waals surface area contributed by atoms with Gasteiger partial charge in [-0.3, -0.25) is 4.79 Å². The van der Waals surface area contributed by atoms with Gasteiger partial charge in [0.1, 0.15) is 22.0 Å². The number of thiazole rings is 1. The summed E-state index contributed by atoms with van der Waals surface area (Å²) in [6.07, 6.45) is 0.528. The van der Waals surface area contributed by atoms with Gasteiger partial charge in [-0.25, -0.2) is 14.2 Å². The Balaban J connectivity index is 1.68. The van der Waals surface area contributed by atoms with Crippen LogP contribution in [0.15, 0.2) is 42.5 Å². The van der Waals surface area contributed by atoms with Gasteiger partial charge in [0.25, 0.3) is 5.91 Å². The number of hydrogen-bond donors (Lipinski definition) is 1. The third-order valence-corrected chi connectivity index (χ3v) is 5.59. The van der Waals surface area contributed by atoms with Gasteiger partial charge in [0, 0.05) is 13.0 Å². The number of benzene rings is 2. The molecule has 1 amide bonds. The number of esters is 1. The Morgan fingerprint density at radius 1 is 1.10 bits per heavy atom. The van der Waals surface area contributed by atoms with Gasteiger partial charge in [0.2, 0.25) is 0 Å². The van der Waals surface area contributed by atoms with Crippen LogP contribution in [-0.2, 0) is 17.7 Å². The predicted octanol–water partition coefficient (Wildman–Crippen LogP) is 3.91. The monoisotopic (exact) mass is 428 g/mol. The number of methoxy groups -OCH3 is 2. The number of aromatic nitrogens is 1. The van der Waals surface area contributed by atoms with E-state index in [4.69, 9.17) is 9.47 Å². The summed E-state index contributed by atoms with van der Waals surface area (Å²) in [5.74, 6) is -0.641. The molecule has 0 atom stereocenters. The van der Waals surface area contributed by atoms with Crippen molar-refractivity contribution in [3.8, 4) is 5.75 Å². The van der Waals surface area contributed by atoms with Crippen molar-refractivity contribution in [2.75, 3.05) is 14.2 Å². The van der Waals surface area contributed by atoms with E-state index < -0.39 is 5.97 Å². The SMILES string of the molecule is COC(=O)c1cc(CNC(=O)c2sc(Cc3ccc(F)cc3)nc2C)ccc1OC. The number of ether oxygens (including phenoxy) is 2. The Morgan fingerprint density at radius 2 is 1.80 bits per heavy atom. The summed E-state index contributed by atoms with van der Waals surface area (Å²) in [6.45, 7) is 2.01. The largest absolute Gasteiger partial charge is 0.496 e. The lowest BCUT2D eigenvalue weighted by atomic mass is 10.1. The maximum atomic E-state index is 13.1. The van der Waals surface area contributed by atoms with Gasteiger partial charge in [-0.15, -0.1) is 11.3 Å². The van der Waals surface area contributed by atoms with E-state index in [2.05, 4.69) is 10.3 Å². The summed E-state index contributed by atoms with van der Waals surface area (Å²) in [7, 11) is 2.77. The van der Waals surface area contributed by atoms with E-state index in [0.29, 0.717) is 28.3 Å². The second kappa shape index (κ2) is 9.49. The molecule has 3 aromatic rings. The van der Waals surface area contributed by atoms with E-state index in [1.54, 1.807) is 37.3 Å². The van der Waals surface area contributed by atoms with Gasteiger partial charge < -0.3 is 14.8 Å². The molecule has 0 radical (unpaired) electrons. The van der Waals surface area contributed by atoms with Crippen molar-refractivity contribution >= 4 is 23.2 Å². The molecular weight excluding hydrogens is 407 g/mol. The lowest BCUT2D eigenvalue weighted by Gasteiger charge is -2.10. The fraction of sp³-hybridized carbons (Fsp3) is 0.227. The Kier molecular flexibility index (Phi) is 6.79. The Hall–Kier alpha value is -3.26. The fourth-order valence-corrected chi connectivity index (χ4v) is 3.93. The summed E-state index contributed by atoms with van der Waals surface area (Å²) in [5.41, 5.74) is 2.59. The highest BCUT2D eigenvalue weighted by atomic mass is 32.1. The molecule has 0 fully saturated rings. The van der Waals surface area contributed by atoms with E-state index in [-0.39, 0.29) is 18.3 Å². The Bertz CT molecular complexity index is 1060. The number of rotatable bonds is 7. The average molecular weight is 428 g/mol. The van der Waals surface area contributed by atoms with Crippen LogP contribution in [0, 0.1) is 12.7 Å². The molecule has 0 saturated carbocycles. The van der Waals surface area contributed by atoms with Crippen molar-refractivity contribution in [3.63, 3.8) is 0 Å². The van der Waals surface area contributed by atoms with Crippen molar-refractivity contribution in [1.82, 2.24) is 10.3 Å². The molecule has 1 aromatic heterocycles. The molecule has 156 valence electrons. The van der Waals surface area contributed by atoms with Gasteiger partial charge in [-0.05, 0) is 42.3 Å². The minimum atomic E-state index is -0.510. The van der Waals surface area contributed by atoms with Crippen LogP contribution >= 0.6 is 11.3 Å². The molecule has 8 heteroatoms. The standard InChI is InChI=1S/C22H21FN2O4S/c1-13-20(30-19(25-13)11-14-4-7-16(23)8-5-14)21(26)24-12-15-6-9-18(28-2)17(10-15)22(27)29-3/h4-10H,11-12H2,1-3H3,(H,24,26). The van der Waals surface area contributed by atoms with Crippen LogP contribution in [-0.4, -0.2) is 31.1 Å². The number of amides is 1. The number of aryl methyl sites for hydroxylation is 1. The van der Waals surface area contributed by atoms with Crippen molar-refractivity contribution in [3.05, 3.63) is 80.6 Å². The molecule has 0 saturated heterocycles. The zero-order valence-electron chi connectivity index (χ0n) is 16.8. The minimum Gasteiger partial charge on any atom is -0.496 e. The van der Waals surface area contributed by atoms with E-state index in [9.17, 15) is 14.0 Å². The normalized spacial score (nSPS) is 10.5. The minimum absolute atomic E-state index is 0.234. The van der Waals surface area contributed by atoms with Crippen molar-refractivity contribution in [2.45, 2.75) is 19.9 Å². The zero-order valence-corrected chi connectivity index (χ0v) is 17.6. The summed E-state index contributed by atoms with van der Waals surface area (Å²) in [4.78, 5) is 29.5. The van der Waals surface area contributed by atoms with E-state index >= 15 is 0 Å². The molecule has 1 N–H and O–H groups in total.